The van der Waals surface area contributed by atoms with Crippen LogP contribution in [0.3, 0.4) is 0 Å². The topological polar surface area (TPSA) is 235 Å². The fourth-order valence-electron chi connectivity index (χ4n) is 4.79. The highest BCUT2D eigenvalue weighted by atomic mass is 16.7. The number of amides is 2. The Kier molecular flexibility index (Phi) is 14.6. The number of aliphatic hydroxyl groups is 4. The van der Waals surface area contributed by atoms with Gasteiger partial charge in [0.1, 0.15) is 24.4 Å². The van der Waals surface area contributed by atoms with Gasteiger partial charge in [0.15, 0.2) is 23.0 Å². The van der Waals surface area contributed by atoms with Gasteiger partial charge in [0.05, 0.1) is 19.7 Å². The van der Waals surface area contributed by atoms with Gasteiger partial charge in [-0.2, -0.15) is 0 Å². The van der Waals surface area contributed by atoms with Crippen molar-refractivity contribution >= 4 is 11.8 Å². The van der Waals surface area contributed by atoms with Crippen LogP contribution >= 0.6 is 0 Å². The number of aryl methyl sites for hydroxylation is 2. The smallest absolute Gasteiger partial charge is 0.229 e. The van der Waals surface area contributed by atoms with E-state index in [1.54, 1.807) is 12.1 Å². The number of aliphatic hydroxyl groups excluding tert-OH is 4. The molecule has 1 aliphatic rings. The Hall–Kier alpha value is -3.66. The fourth-order valence-corrected chi connectivity index (χ4v) is 4.79. The summed E-state index contributed by atoms with van der Waals surface area (Å²) in [5.41, 5.74) is 1.47. The van der Waals surface area contributed by atoms with Crippen molar-refractivity contribution in [3.63, 3.8) is 0 Å². The van der Waals surface area contributed by atoms with Gasteiger partial charge in [-0.3, -0.25) is 9.59 Å². The number of carbonyl (C=O) groups is 2. The van der Waals surface area contributed by atoms with E-state index in [2.05, 4.69) is 16.0 Å². The molecule has 2 aromatic rings. The van der Waals surface area contributed by atoms with Crippen LogP contribution in [0.25, 0.3) is 0 Å². The van der Waals surface area contributed by atoms with Gasteiger partial charge in [-0.15, -0.1) is 0 Å². The Labute approximate surface area is 261 Å². The van der Waals surface area contributed by atoms with Gasteiger partial charge in [-0.25, -0.2) is 0 Å². The number of carbonyl (C=O) groups excluding carboxylic acids is 2. The molecule has 11 N–H and O–H groups in total. The number of phenols is 3. The molecule has 0 unspecified atom stereocenters. The number of benzene rings is 2. The SMILES string of the molecule is O=C(CCc1ccc(O)c(O)c1)NCCCC[NH2+]CCCNC(=O)CCc1ccc(O[C@@H]2O[C@H](CO)[C@@H](O)[C@H](O)[C@H]2O)c(O)c1. The zero-order chi connectivity index (χ0) is 32.8. The van der Waals surface area contributed by atoms with E-state index in [9.17, 15) is 45.3 Å². The molecule has 2 aromatic carbocycles. The molecule has 1 fully saturated rings. The Morgan fingerprint density at radius 1 is 0.756 bits per heavy atom. The third-order valence-electron chi connectivity index (χ3n) is 7.50. The molecule has 0 spiro atoms. The Morgan fingerprint density at radius 3 is 1.98 bits per heavy atom. The van der Waals surface area contributed by atoms with Crippen molar-refractivity contribution < 1.29 is 60.1 Å². The van der Waals surface area contributed by atoms with Crippen LogP contribution in [0.1, 0.15) is 43.2 Å². The van der Waals surface area contributed by atoms with Crippen molar-refractivity contribution in [2.24, 2.45) is 0 Å². The molecular formula is C31H46N3O11+. The number of ether oxygens (including phenoxy) is 2. The van der Waals surface area contributed by atoms with Crippen LogP contribution in [0, 0.1) is 0 Å². The quantitative estimate of drug-likeness (QED) is 0.0669. The molecule has 1 saturated heterocycles. The molecule has 0 aliphatic carbocycles. The molecule has 0 aromatic heterocycles. The standard InChI is InChI=1S/C31H45N3O11/c35-18-25-28(41)29(42)30(43)31(45-25)44-24-9-5-20(17-23(24)38)7-11-27(40)34-15-3-13-32-12-1-2-14-33-26(39)10-6-19-4-8-21(36)22(37)16-19/h4-5,8-9,16-17,25,28-32,35-38,41-43H,1-3,6-7,10-15,18H2,(H,33,39)(H,34,40)/p+1/t25-,28-,29+,30-,31-/m1/s1. The molecular weight excluding hydrogens is 590 g/mol. The minimum Gasteiger partial charge on any atom is -0.504 e. The van der Waals surface area contributed by atoms with Gasteiger partial charge in [0, 0.05) is 32.4 Å². The van der Waals surface area contributed by atoms with Crippen molar-refractivity contribution in [3.8, 4) is 23.0 Å². The maximum absolute atomic E-state index is 12.2. The van der Waals surface area contributed by atoms with Crippen LogP contribution in [0.2, 0.25) is 0 Å². The zero-order valence-electron chi connectivity index (χ0n) is 25.2. The Balaban J connectivity index is 1.20. The summed E-state index contributed by atoms with van der Waals surface area (Å²) in [5.74, 6) is -0.837. The molecule has 2 amide bonds. The first-order valence-corrected chi connectivity index (χ1v) is 15.2. The first-order chi connectivity index (χ1) is 21.6. The normalized spacial score (nSPS) is 21.3. The Bertz CT molecular complexity index is 1230. The van der Waals surface area contributed by atoms with Crippen LogP contribution in [0.4, 0.5) is 0 Å². The van der Waals surface area contributed by atoms with Crippen molar-refractivity contribution in [3.05, 3.63) is 47.5 Å². The van der Waals surface area contributed by atoms with E-state index in [4.69, 9.17) is 9.47 Å². The second-order valence-electron chi connectivity index (χ2n) is 11.1. The van der Waals surface area contributed by atoms with E-state index in [1.165, 1.54) is 24.3 Å². The van der Waals surface area contributed by atoms with E-state index in [1.807, 2.05) is 0 Å². The highest BCUT2D eigenvalue weighted by Gasteiger charge is 2.44. The van der Waals surface area contributed by atoms with Gasteiger partial charge in [-0.05, 0) is 61.1 Å². The van der Waals surface area contributed by atoms with E-state index in [-0.39, 0.29) is 41.2 Å². The van der Waals surface area contributed by atoms with E-state index >= 15 is 0 Å². The molecule has 0 bridgehead atoms. The number of unbranched alkanes of at least 4 members (excludes halogenated alkanes) is 1. The number of hydrogen-bond donors (Lipinski definition) is 10. The third-order valence-corrected chi connectivity index (χ3v) is 7.50. The summed E-state index contributed by atoms with van der Waals surface area (Å²) >= 11 is 0. The van der Waals surface area contributed by atoms with Gasteiger partial charge in [0.2, 0.25) is 18.1 Å². The van der Waals surface area contributed by atoms with Gasteiger partial charge in [0.25, 0.3) is 0 Å². The average molecular weight is 637 g/mol. The number of hydrogen-bond acceptors (Lipinski definition) is 11. The predicted molar refractivity (Wildman–Crippen MR) is 160 cm³/mol. The molecule has 0 saturated carbocycles. The second kappa shape index (κ2) is 18.3. The maximum Gasteiger partial charge on any atom is 0.229 e. The molecule has 3 rings (SSSR count). The van der Waals surface area contributed by atoms with Crippen LogP contribution in [0.15, 0.2) is 36.4 Å². The zero-order valence-corrected chi connectivity index (χ0v) is 25.2. The first-order valence-electron chi connectivity index (χ1n) is 15.2. The van der Waals surface area contributed by atoms with Gasteiger partial charge < -0.3 is 61.2 Å². The third kappa shape index (κ3) is 11.7. The molecule has 250 valence electrons. The fraction of sp³-hybridized carbons (Fsp3) is 0.548. The van der Waals surface area contributed by atoms with Crippen LogP contribution in [-0.4, -0.2) is 111 Å². The molecule has 14 heteroatoms. The monoisotopic (exact) mass is 636 g/mol. The van der Waals surface area contributed by atoms with Crippen LogP contribution in [-0.2, 0) is 27.2 Å². The second-order valence-corrected chi connectivity index (χ2v) is 11.1. The Morgan fingerprint density at radius 2 is 1.36 bits per heavy atom. The summed E-state index contributed by atoms with van der Waals surface area (Å²) in [4.78, 5) is 24.2. The summed E-state index contributed by atoms with van der Waals surface area (Å²) in [7, 11) is 0. The lowest BCUT2D eigenvalue weighted by Crippen LogP contribution is -2.84. The highest BCUT2D eigenvalue weighted by molar-refractivity contribution is 5.76. The molecule has 14 nitrogen and oxygen atoms in total. The van der Waals surface area contributed by atoms with Crippen LogP contribution in [0.5, 0.6) is 23.0 Å². The minimum absolute atomic E-state index is 0.0296. The number of quaternary nitrogens is 1. The minimum atomic E-state index is -1.60. The lowest BCUT2D eigenvalue weighted by atomic mass is 9.99. The largest absolute Gasteiger partial charge is 0.504 e. The average Bonchev–Trinajstić information content (AvgIpc) is 3.02. The molecule has 1 aliphatic heterocycles. The predicted octanol–water partition coefficient (Wildman–Crippen LogP) is -1.49. The van der Waals surface area contributed by atoms with E-state index < -0.39 is 37.3 Å². The summed E-state index contributed by atoms with van der Waals surface area (Å²) in [6.45, 7) is 2.31. The van der Waals surface area contributed by atoms with E-state index in [0.717, 1.165) is 37.9 Å². The molecule has 0 radical (unpaired) electrons. The van der Waals surface area contributed by atoms with Gasteiger partial charge in [-0.1, -0.05) is 12.1 Å². The summed E-state index contributed by atoms with van der Waals surface area (Å²) < 4.78 is 10.8. The molecule has 45 heavy (non-hydrogen) atoms. The van der Waals surface area contributed by atoms with Crippen LogP contribution < -0.4 is 20.7 Å². The van der Waals surface area contributed by atoms with E-state index in [0.29, 0.717) is 37.9 Å². The maximum atomic E-state index is 12.2. The lowest BCUT2D eigenvalue weighted by Gasteiger charge is -2.39. The van der Waals surface area contributed by atoms with Crippen molar-refractivity contribution in [2.75, 3.05) is 32.8 Å². The highest BCUT2D eigenvalue weighted by Crippen LogP contribution is 2.31. The lowest BCUT2D eigenvalue weighted by molar-refractivity contribution is -0.655. The number of aromatic hydroxyl groups is 3. The van der Waals surface area contributed by atoms with Crippen molar-refractivity contribution in [1.82, 2.24) is 10.6 Å². The number of rotatable bonds is 18. The molecule has 1 heterocycles. The number of phenolic OH excluding ortho intramolecular Hbond substituents is 3. The molecule has 5 atom stereocenters. The number of nitrogens with two attached hydrogens (primary N) is 1. The summed E-state index contributed by atoms with van der Waals surface area (Å²) in [6.07, 6.45) is -3.28. The van der Waals surface area contributed by atoms with Crippen molar-refractivity contribution in [1.29, 1.82) is 0 Å². The summed E-state index contributed by atoms with van der Waals surface area (Å²) in [5, 5.41) is 76.3. The van der Waals surface area contributed by atoms with Gasteiger partial charge >= 0.3 is 0 Å². The first kappa shape index (κ1) is 35.8. The number of nitrogens with one attached hydrogen (secondary N) is 2. The van der Waals surface area contributed by atoms with Crippen molar-refractivity contribution in [2.45, 2.75) is 75.7 Å². The summed E-state index contributed by atoms with van der Waals surface area (Å²) in [6, 6.07) is 9.05.